The quantitative estimate of drug-likeness (QED) is 0.380. The molecule has 3 aromatic rings. The number of rotatable bonds is 8. The number of nitrogens with one attached hydrogen (secondary N) is 1. The Labute approximate surface area is 179 Å². The molecule has 29 heavy (non-hydrogen) atoms. The van der Waals surface area contributed by atoms with Gasteiger partial charge in [-0.15, -0.1) is 12.4 Å². The van der Waals surface area contributed by atoms with E-state index in [0.717, 1.165) is 35.6 Å². The molecule has 0 atom stereocenters. The van der Waals surface area contributed by atoms with Gasteiger partial charge in [-0.1, -0.05) is 45.9 Å². The number of aryl methyl sites for hydroxylation is 1. The lowest BCUT2D eigenvalue weighted by Gasteiger charge is -2.18. The lowest BCUT2D eigenvalue weighted by molar-refractivity contribution is 0.103. The molecule has 0 bridgehead atoms. The molecule has 0 aliphatic rings. The van der Waals surface area contributed by atoms with Crippen LogP contribution in [0, 0.1) is 5.41 Å². The van der Waals surface area contributed by atoms with Gasteiger partial charge in [0.15, 0.2) is 5.78 Å². The summed E-state index contributed by atoms with van der Waals surface area (Å²) in [4.78, 5) is 13.1. The van der Waals surface area contributed by atoms with E-state index in [1.807, 2.05) is 55.5 Å². The van der Waals surface area contributed by atoms with Gasteiger partial charge >= 0.3 is 0 Å². The van der Waals surface area contributed by atoms with E-state index in [1.165, 1.54) is 0 Å². The van der Waals surface area contributed by atoms with Crippen molar-refractivity contribution in [3.05, 3.63) is 65.4 Å². The summed E-state index contributed by atoms with van der Waals surface area (Å²) in [7, 11) is 0. The standard InChI is InChI=1S/C24H29NO3.ClH/c1-5-20-22(19-8-6-7-9-21(19)28-20)23(26)17-10-12-18(13-11-17)27-15-14-25-16-24(2,3)4;/h6-13,25H,5,14-16H2,1-4H3;1H. The number of carbonyl (C=O) groups is 1. The van der Waals surface area contributed by atoms with E-state index in [0.29, 0.717) is 24.2 Å². The van der Waals surface area contributed by atoms with Crippen LogP contribution in [0.2, 0.25) is 0 Å². The van der Waals surface area contributed by atoms with Gasteiger partial charge in [0.2, 0.25) is 0 Å². The summed E-state index contributed by atoms with van der Waals surface area (Å²) in [6, 6.07) is 15.0. The second-order valence-corrected chi connectivity index (χ2v) is 8.19. The number of benzene rings is 2. The van der Waals surface area contributed by atoms with E-state index in [4.69, 9.17) is 9.15 Å². The first-order valence-corrected chi connectivity index (χ1v) is 9.88. The second-order valence-electron chi connectivity index (χ2n) is 8.19. The number of fused-ring (bicyclic) bond motifs is 1. The molecule has 3 rings (SSSR count). The maximum Gasteiger partial charge on any atom is 0.197 e. The Bertz CT molecular complexity index is 939. The van der Waals surface area contributed by atoms with Gasteiger partial charge in [-0.2, -0.15) is 0 Å². The Kier molecular flexibility index (Phi) is 7.88. The molecule has 0 unspecified atom stereocenters. The number of furan rings is 1. The number of hydrogen-bond donors (Lipinski definition) is 1. The van der Waals surface area contributed by atoms with E-state index in [2.05, 4.69) is 26.1 Å². The van der Waals surface area contributed by atoms with Crippen molar-refractivity contribution < 1.29 is 13.9 Å². The summed E-state index contributed by atoms with van der Waals surface area (Å²) in [5.74, 6) is 1.48. The number of ketones is 1. The Morgan fingerprint density at radius 3 is 2.41 bits per heavy atom. The Hall–Kier alpha value is -2.30. The van der Waals surface area contributed by atoms with Crippen LogP contribution in [0.4, 0.5) is 0 Å². The van der Waals surface area contributed by atoms with Crippen LogP contribution >= 0.6 is 12.4 Å². The van der Waals surface area contributed by atoms with Crippen LogP contribution < -0.4 is 10.1 Å². The van der Waals surface area contributed by atoms with Crippen molar-refractivity contribution in [1.82, 2.24) is 5.32 Å². The third kappa shape index (κ3) is 5.84. The molecule has 0 saturated carbocycles. The first-order valence-electron chi connectivity index (χ1n) is 9.88. The van der Waals surface area contributed by atoms with E-state index in [9.17, 15) is 4.79 Å². The van der Waals surface area contributed by atoms with Gasteiger partial charge in [0.25, 0.3) is 0 Å². The number of ether oxygens (including phenoxy) is 1. The van der Waals surface area contributed by atoms with Crippen molar-refractivity contribution in [2.75, 3.05) is 19.7 Å². The molecule has 0 radical (unpaired) electrons. The zero-order chi connectivity index (χ0) is 20.1. The molecule has 0 aliphatic heterocycles. The fourth-order valence-electron chi connectivity index (χ4n) is 3.15. The molecule has 1 N–H and O–H groups in total. The highest BCUT2D eigenvalue weighted by atomic mass is 35.5. The molecule has 0 saturated heterocycles. The van der Waals surface area contributed by atoms with Crippen LogP contribution in [0.3, 0.4) is 0 Å². The van der Waals surface area contributed by atoms with Crippen molar-refractivity contribution in [3.8, 4) is 5.75 Å². The molecule has 2 aromatic carbocycles. The topological polar surface area (TPSA) is 51.5 Å². The van der Waals surface area contributed by atoms with Crippen molar-refractivity contribution in [3.63, 3.8) is 0 Å². The fraction of sp³-hybridized carbons (Fsp3) is 0.375. The Morgan fingerprint density at radius 2 is 1.76 bits per heavy atom. The van der Waals surface area contributed by atoms with Crippen molar-refractivity contribution in [1.29, 1.82) is 0 Å². The minimum absolute atomic E-state index is 0. The molecule has 0 fully saturated rings. The average molecular weight is 416 g/mol. The molecule has 156 valence electrons. The van der Waals surface area contributed by atoms with Crippen LogP contribution in [0.25, 0.3) is 11.0 Å². The predicted molar refractivity (Wildman–Crippen MR) is 121 cm³/mol. The van der Waals surface area contributed by atoms with Crippen molar-refractivity contribution in [2.24, 2.45) is 5.41 Å². The van der Waals surface area contributed by atoms with Crippen LogP contribution in [0.15, 0.2) is 52.9 Å². The smallest absolute Gasteiger partial charge is 0.197 e. The first-order chi connectivity index (χ1) is 13.4. The van der Waals surface area contributed by atoms with Crippen molar-refractivity contribution in [2.45, 2.75) is 34.1 Å². The maximum absolute atomic E-state index is 13.1. The lowest BCUT2D eigenvalue weighted by atomic mass is 9.97. The zero-order valence-electron chi connectivity index (χ0n) is 17.6. The zero-order valence-corrected chi connectivity index (χ0v) is 18.4. The minimum atomic E-state index is -0.0137. The highest BCUT2D eigenvalue weighted by molar-refractivity contribution is 6.16. The number of hydrogen-bond acceptors (Lipinski definition) is 4. The van der Waals surface area contributed by atoms with Gasteiger partial charge in [-0.05, 0) is 35.7 Å². The third-order valence-corrected chi connectivity index (χ3v) is 4.54. The highest BCUT2D eigenvalue weighted by Gasteiger charge is 2.20. The molecule has 0 amide bonds. The molecule has 5 heteroatoms. The summed E-state index contributed by atoms with van der Waals surface area (Å²) < 4.78 is 11.6. The van der Waals surface area contributed by atoms with Gasteiger partial charge in [0.1, 0.15) is 23.7 Å². The van der Waals surface area contributed by atoms with Gasteiger partial charge < -0.3 is 14.5 Å². The van der Waals surface area contributed by atoms with E-state index >= 15 is 0 Å². The number of carbonyl (C=O) groups excluding carboxylic acids is 1. The Morgan fingerprint density at radius 1 is 1.07 bits per heavy atom. The van der Waals surface area contributed by atoms with E-state index in [1.54, 1.807) is 0 Å². The maximum atomic E-state index is 13.1. The van der Waals surface area contributed by atoms with Gasteiger partial charge in [-0.3, -0.25) is 4.79 Å². The molecule has 1 heterocycles. The largest absolute Gasteiger partial charge is 0.492 e. The van der Waals surface area contributed by atoms with Crippen molar-refractivity contribution >= 4 is 29.2 Å². The first kappa shape index (κ1) is 23.0. The number of para-hydroxylation sites is 1. The van der Waals surface area contributed by atoms with E-state index in [-0.39, 0.29) is 23.6 Å². The molecule has 0 spiro atoms. The summed E-state index contributed by atoms with van der Waals surface area (Å²) in [6.07, 6.45) is 0.679. The summed E-state index contributed by atoms with van der Waals surface area (Å²) in [6.45, 7) is 10.9. The fourth-order valence-corrected chi connectivity index (χ4v) is 3.15. The molecule has 0 aliphatic carbocycles. The average Bonchev–Trinajstić information content (AvgIpc) is 3.05. The van der Waals surface area contributed by atoms with Gasteiger partial charge in [-0.25, -0.2) is 0 Å². The summed E-state index contributed by atoms with van der Waals surface area (Å²) in [5.41, 5.74) is 2.32. The van der Waals surface area contributed by atoms with E-state index < -0.39 is 0 Å². The third-order valence-electron chi connectivity index (χ3n) is 4.54. The monoisotopic (exact) mass is 415 g/mol. The van der Waals surface area contributed by atoms with Crippen LogP contribution in [0.1, 0.15) is 49.4 Å². The van der Waals surface area contributed by atoms with Crippen LogP contribution in [0.5, 0.6) is 5.75 Å². The highest BCUT2D eigenvalue weighted by Crippen LogP contribution is 2.29. The molecule has 4 nitrogen and oxygen atoms in total. The predicted octanol–water partition coefficient (Wildman–Crippen LogP) is 5.66. The molecular weight excluding hydrogens is 386 g/mol. The minimum Gasteiger partial charge on any atom is -0.492 e. The summed E-state index contributed by atoms with van der Waals surface area (Å²) in [5, 5.41) is 4.25. The normalized spacial score (nSPS) is 11.3. The van der Waals surface area contributed by atoms with Gasteiger partial charge in [0, 0.05) is 30.5 Å². The lowest BCUT2D eigenvalue weighted by Crippen LogP contribution is -2.30. The van der Waals surface area contributed by atoms with Crippen LogP contribution in [-0.2, 0) is 6.42 Å². The number of halogens is 1. The molecular formula is C24H30ClNO3. The SMILES string of the molecule is CCc1oc2ccccc2c1C(=O)c1ccc(OCCNCC(C)(C)C)cc1.Cl. The molecule has 1 aromatic heterocycles. The van der Waals surface area contributed by atoms with Gasteiger partial charge in [0.05, 0.1) is 5.56 Å². The Balaban J connectivity index is 0.00000300. The summed E-state index contributed by atoms with van der Waals surface area (Å²) >= 11 is 0. The second kappa shape index (κ2) is 9.95. The van der Waals surface area contributed by atoms with Crippen LogP contribution in [-0.4, -0.2) is 25.5 Å².